The van der Waals surface area contributed by atoms with Gasteiger partial charge in [-0.3, -0.25) is 4.99 Å². The number of rotatable bonds is 2. The molecule has 0 aromatic rings. The van der Waals surface area contributed by atoms with Gasteiger partial charge in [-0.15, -0.1) is 0 Å². The van der Waals surface area contributed by atoms with Gasteiger partial charge in [0, 0.05) is 7.05 Å². The molecule has 1 atom stereocenters. The summed E-state index contributed by atoms with van der Waals surface area (Å²) < 4.78 is 0. The van der Waals surface area contributed by atoms with Crippen LogP contribution in [-0.2, 0) is 0 Å². The standard InChI is InChI=1S/C15H22N2/c1-12-5-3-7-14(15(12)16-2)9-8-13-6-4-10-17-11-13/h3,5,7,9,13,17H,4,6,8,10-11H2,1-2H3/b14-9-,16-15?. The molecule has 2 rings (SSSR count). The minimum Gasteiger partial charge on any atom is -0.316 e. The van der Waals surface area contributed by atoms with Crippen LogP contribution in [0.4, 0.5) is 0 Å². The van der Waals surface area contributed by atoms with Crippen LogP contribution in [0.25, 0.3) is 0 Å². The first-order valence-electron chi connectivity index (χ1n) is 6.54. The van der Waals surface area contributed by atoms with Gasteiger partial charge in [0.25, 0.3) is 0 Å². The minimum absolute atomic E-state index is 0.800. The molecule has 17 heavy (non-hydrogen) atoms. The van der Waals surface area contributed by atoms with Crippen LogP contribution >= 0.6 is 0 Å². The van der Waals surface area contributed by atoms with E-state index in [1.165, 1.54) is 43.5 Å². The summed E-state index contributed by atoms with van der Waals surface area (Å²) in [5.74, 6) is 0.800. The van der Waals surface area contributed by atoms with Crippen molar-refractivity contribution in [2.75, 3.05) is 20.1 Å². The van der Waals surface area contributed by atoms with Crippen molar-refractivity contribution < 1.29 is 0 Å². The number of hydrogen-bond acceptors (Lipinski definition) is 2. The summed E-state index contributed by atoms with van der Waals surface area (Å²) in [7, 11) is 1.88. The number of nitrogens with one attached hydrogen (secondary N) is 1. The molecule has 2 nitrogen and oxygen atoms in total. The molecular formula is C15H22N2. The fraction of sp³-hybridized carbons (Fsp3) is 0.533. The number of aliphatic imine (C=N–C) groups is 1. The fourth-order valence-electron chi connectivity index (χ4n) is 2.57. The molecule has 1 N–H and O–H groups in total. The van der Waals surface area contributed by atoms with E-state index in [-0.39, 0.29) is 0 Å². The number of nitrogens with zero attached hydrogens (tertiary/aromatic N) is 1. The van der Waals surface area contributed by atoms with E-state index < -0.39 is 0 Å². The second kappa shape index (κ2) is 5.97. The van der Waals surface area contributed by atoms with Gasteiger partial charge in [0.15, 0.2) is 0 Å². The minimum atomic E-state index is 0.800. The molecule has 1 aliphatic heterocycles. The molecule has 0 spiro atoms. The lowest BCUT2D eigenvalue weighted by molar-refractivity contribution is 0.381. The third kappa shape index (κ3) is 3.16. The van der Waals surface area contributed by atoms with Crippen LogP contribution < -0.4 is 5.32 Å². The Bertz CT molecular complexity index is 380. The van der Waals surface area contributed by atoms with Gasteiger partial charge in [0.1, 0.15) is 0 Å². The zero-order chi connectivity index (χ0) is 12.1. The summed E-state index contributed by atoms with van der Waals surface area (Å²) in [6.45, 7) is 4.49. The van der Waals surface area contributed by atoms with Gasteiger partial charge in [-0.1, -0.05) is 24.3 Å². The predicted molar refractivity (Wildman–Crippen MR) is 74.5 cm³/mol. The van der Waals surface area contributed by atoms with Gasteiger partial charge in [-0.2, -0.15) is 0 Å². The summed E-state index contributed by atoms with van der Waals surface area (Å²) >= 11 is 0. The molecule has 1 unspecified atom stereocenters. The molecule has 1 fully saturated rings. The van der Waals surface area contributed by atoms with Crippen molar-refractivity contribution in [3.8, 4) is 0 Å². The second-order valence-corrected chi connectivity index (χ2v) is 4.89. The smallest absolute Gasteiger partial charge is 0.0669 e. The molecule has 1 aliphatic carbocycles. The highest BCUT2D eigenvalue weighted by Crippen LogP contribution is 2.20. The Kier molecular flexibility index (Phi) is 4.32. The summed E-state index contributed by atoms with van der Waals surface area (Å²) in [4.78, 5) is 4.39. The second-order valence-electron chi connectivity index (χ2n) is 4.89. The topological polar surface area (TPSA) is 24.4 Å². The fourth-order valence-corrected chi connectivity index (χ4v) is 2.57. The third-order valence-corrected chi connectivity index (χ3v) is 3.56. The molecule has 1 saturated heterocycles. The highest BCUT2D eigenvalue weighted by Gasteiger charge is 2.13. The Morgan fingerprint density at radius 3 is 3.12 bits per heavy atom. The van der Waals surface area contributed by atoms with Gasteiger partial charge >= 0.3 is 0 Å². The number of allylic oxidation sites excluding steroid dienone is 6. The van der Waals surface area contributed by atoms with Crippen LogP contribution in [0.15, 0.2) is 40.4 Å². The lowest BCUT2D eigenvalue weighted by atomic mass is 9.92. The molecule has 0 saturated carbocycles. The summed E-state index contributed by atoms with van der Waals surface area (Å²) in [5, 5.41) is 3.47. The van der Waals surface area contributed by atoms with Crippen LogP contribution in [0.1, 0.15) is 26.2 Å². The highest BCUT2D eigenvalue weighted by atomic mass is 14.9. The molecule has 0 aromatic heterocycles. The van der Waals surface area contributed by atoms with Gasteiger partial charge < -0.3 is 5.32 Å². The highest BCUT2D eigenvalue weighted by molar-refractivity contribution is 6.14. The van der Waals surface area contributed by atoms with E-state index in [2.05, 4.69) is 41.5 Å². The quantitative estimate of drug-likeness (QED) is 0.775. The monoisotopic (exact) mass is 230 g/mol. The van der Waals surface area contributed by atoms with Gasteiger partial charge in [-0.25, -0.2) is 0 Å². The van der Waals surface area contributed by atoms with Gasteiger partial charge in [0.05, 0.1) is 5.71 Å². The van der Waals surface area contributed by atoms with E-state index in [9.17, 15) is 0 Å². The van der Waals surface area contributed by atoms with Gasteiger partial charge in [0.2, 0.25) is 0 Å². The normalized spacial score (nSPS) is 29.8. The van der Waals surface area contributed by atoms with Crippen molar-refractivity contribution in [3.05, 3.63) is 35.5 Å². The number of hydrogen-bond donors (Lipinski definition) is 1. The van der Waals surface area contributed by atoms with E-state index in [1.807, 2.05) is 7.05 Å². The first kappa shape index (κ1) is 12.3. The maximum atomic E-state index is 4.39. The summed E-state index contributed by atoms with van der Waals surface area (Å²) in [6, 6.07) is 0. The number of piperidine rings is 1. The lowest BCUT2D eigenvalue weighted by Gasteiger charge is -2.22. The maximum absolute atomic E-state index is 4.39. The molecule has 0 amide bonds. The van der Waals surface area contributed by atoms with E-state index in [1.54, 1.807) is 0 Å². The third-order valence-electron chi connectivity index (χ3n) is 3.56. The van der Waals surface area contributed by atoms with E-state index in [4.69, 9.17) is 0 Å². The van der Waals surface area contributed by atoms with Crippen LogP contribution in [0.2, 0.25) is 0 Å². The van der Waals surface area contributed by atoms with Crippen LogP contribution in [0, 0.1) is 5.92 Å². The Morgan fingerprint density at radius 1 is 1.53 bits per heavy atom. The zero-order valence-corrected chi connectivity index (χ0v) is 10.9. The molecule has 0 radical (unpaired) electrons. The van der Waals surface area contributed by atoms with Crippen LogP contribution in [-0.4, -0.2) is 25.8 Å². The van der Waals surface area contributed by atoms with Crippen molar-refractivity contribution in [1.29, 1.82) is 0 Å². The van der Waals surface area contributed by atoms with Crippen molar-refractivity contribution in [2.45, 2.75) is 26.2 Å². The first-order valence-corrected chi connectivity index (χ1v) is 6.54. The van der Waals surface area contributed by atoms with E-state index in [0.29, 0.717) is 0 Å². The molecule has 1 heterocycles. The molecule has 0 bridgehead atoms. The Morgan fingerprint density at radius 2 is 2.41 bits per heavy atom. The van der Waals surface area contributed by atoms with Crippen molar-refractivity contribution in [1.82, 2.24) is 5.32 Å². The van der Waals surface area contributed by atoms with Crippen LogP contribution in [0.5, 0.6) is 0 Å². The summed E-state index contributed by atoms with van der Waals surface area (Å²) in [5.41, 5.74) is 3.71. The molecule has 2 aliphatic rings. The van der Waals surface area contributed by atoms with Crippen LogP contribution in [0.3, 0.4) is 0 Å². The average Bonchev–Trinajstić information content (AvgIpc) is 2.37. The maximum Gasteiger partial charge on any atom is 0.0669 e. The Hall–Kier alpha value is -1.15. The molecular weight excluding hydrogens is 208 g/mol. The van der Waals surface area contributed by atoms with E-state index >= 15 is 0 Å². The zero-order valence-electron chi connectivity index (χ0n) is 10.9. The van der Waals surface area contributed by atoms with Crippen molar-refractivity contribution in [3.63, 3.8) is 0 Å². The predicted octanol–water partition coefficient (Wildman–Crippen LogP) is 2.89. The Labute approximate surface area is 104 Å². The summed E-state index contributed by atoms with van der Waals surface area (Å²) in [6.07, 6.45) is 12.6. The molecule has 2 heteroatoms. The SMILES string of the molecule is CN=C1C(C)=CC=C/C1=C/CC1CCCNC1. The molecule has 92 valence electrons. The average molecular weight is 230 g/mol. The Balaban J connectivity index is 2.01. The largest absolute Gasteiger partial charge is 0.316 e. The molecule has 0 aromatic carbocycles. The first-order chi connectivity index (χ1) is 8.31. The lowest BCUT2D eigenvalue weighted by Crippen LogP contribution is -2.29. The van der Waals surface area contributed by atoms with Crippen molar-refractivity contribution in [2.24, 2.45) is 10.9 Å². The van der Waals surface area contributed by atoms with Crippen molar-refractivity contribution >= 4 is 5.71 Å². The van der Waals surface area contributed by atoms with Gasteiger partial charge in [-0.05, 0) is 56.3 Å². The van der Waals surface area contributed by atoms with E-state index in [0.717, 1.165) is 11.6 Å².